The average molecular weight is 487 g/mol. The summed E-state index contributed by atoms with van der Waals surface area (Å²) in [5.41, 5.74) is 8.37. The van der Waals surface area contributed by atoms with Crippen LogP contribution in [0.5, 0.6) is 0 Å². The second kappa shape index (κ2) is 9.47. The first-order valence-electron chi connectivity index (χ1n) is 12.5. The number of nitrogens with zero attached hydrogens (tertiary/aromatic N) is 4. The molecule has 1 aliphatic carbocycles. The Balaban J connectivity index is 1.29. The Morgan fingerprint density at radius 3 is 2.49 bits per heavy atom. The smallest absolute Gasteiger partial charge is 0.254 e. The summed E-state index contributed by atoms with van der Waals surface area (Å²) in [6.07, 6.45) is 9.49. The van der Waals surface area contributed by atoms with Crippen LogP contribution in [0.4, 0.5) is 11.4 Å². The van der Waals surface area contributed by atoms with E-state index < -0.39 is 0 Å². The monoisotopic (exact) mass is 486 g/mol. The second-order valence-corrected chi connectivity index (χ2v) is 9.42. The summed E-state index contributed by atoms with van der Waals surface area (Å²) in [4.78, 5) is 37.9. The molecule has 2 aromatic carbocycles. The quantitative estimate of drug-likeness (QED) is 0.372. The molecule has 0 N–H and O–H groups in total. The first-order chi connectivity index (χ1) is 18.1. The second-order valence-electron chi connectivity index (χ2n) is 9.42. The van der Waals surface area contributed by atoms with Crippen molar-refractivity contribution >= 4 is 29.3 Å². The van der Waals surface area contributed by atoms with Crippen molar-refractivity contribution in [3.8, 4) is 22.3 Å². The van der Waals surface area contributed by atoms with Crippen molar-refractivity contribution in [3.63, 3.8) is 0 Å². The van der Waals surface area contributed by atoms with Gasteiger partial charge in [0.25, 0.3) is 5.91 Å². The van der Waals surface area contributed by atoms with Gasteiger partial charge in [-0.25, -0.2) is 0 Å². The SMILES string of the molecule is CN(C(=O)C1=Cc2c(-c3cncc(-c4ccc(N5CCCC5=O)cc4)c3)ccnc2C1)c1ccccc1. The molecule has 1 saturated heterocycles. The highest BCUT2D eigenvalue weighted by molar-refractivity contribution is 6.10. The minimum Gasteiger partial charge on any atom is -0.312 e. The topological polar surface area (TPSA) is 66.4 Å². The summed E-state index contributed by atoms with van der Waals surface area (Å²) in [6, 6.07) is 21.8. The van der Waals surface area contributed by atoms with Gasteiger partial charge in [-0.05, 0) is 60.0 Å². The molecule has 0 saturated carbocycles. The molecule has 0 bridgehead atoms. The van der Waals surface area contributed by atoms with Crippen molar-refractivity contribution in [2.45, 2.75) is 19.3 Å². The van der Waals surface area contributed by atoms with Gasteiger partial charge in [-0.2, -0.15) is 0 Å². The van der Waals surface area contributed by atoms with Gasteiger partial charge in [0.1, 0.15) is 0 Å². The van der Waals surface area contributed by atoms with Crippen LogP contribution in [-0.4, -0.2) is 35.4 Å². The standard InChI is InChI=1S/C31H26N4O2/c1-34(25-6-3-2-4-7-25)31(37)22-17-28-27(13-14-33-29(28)18-22)24-16-23(19-32-20-24)21-9-11-26(12-10-21)35-15-5-8-30(35)36/h2-4,6-7,9-14,16-17,19-20H,5,8,15,18H2,1H3. The molecule has 37 heavy (non-hydrogen) atoms. The summed E-state index contributed by atoms with van der Waals surface area (Å²) >= 11 is 0. The third kappa shape index (κ3) is 4.31. The number of pyridine rings is 2. The largest absolute Gasteiger partial charge is 0.312 e. The molecule has 2 amide bonds. The van der Waals surface area contributed by atoms with Crippen molar-refractivity contribution in [1.82, 2.24) is 9.97 Å². The zero-order chi connectivity index (χ0) is 25.4. The van der Waals surface area contributed by atoms with Gasteiger partial charge in [0.05, 0.1) is 5.69 Å². The first kappa shape index (κ1) is 22.9. The van der Waals surface area contributed by atoms with Crippen LogP contribution in [0.2, 0.25) is 0 Å². The number of para-hydroxylation sites is 1. The molecule has 4 aromatic rings. The maximum absolute atomic E-state index is 13.2. The van der Waals surface area contributed by atoms with Gasteiger partial charge in [0.15, 0.2) is 0 Å². The Morgan fingerprint density at radius 1 is 0.946 bits per heavy atom. The van der Waals surface area contributed by atoms with Crippen LogP contribution < -0.4 is 9.80 Å². The molecule has 2 aromatic heterocycles. The molecular weight excluding hydrogens is 460 g/mol. The highest BCUT2D eigenvalue weighted by Gasteiger charge is 2.25. The van der Waals surface area contributed by atoms with Gasteiger partial charge >= 0.3 is 0 Å². The van der Waals surface area contributed by atoms with E-state index >= 15 is 0 Å². The third-order valence-electron chi connectivity index (χ3n) is 7.11. The van der Waals surface area contributed by atoms with Crippen molar-refractivity contribution in [1.29, 1.82) is 0 Å². The van der Waals surface area contributed by atoms with E-state index in [0.717, 1.165) is 63.4 Å². The first-order valence-corrected chi connectivity index (χ1v) is 12.5. The van der Waals surface area contributed by atoms with Crippen molar-refractivity contribution < 1.29 is 9.59 Å². The van der Waals surface area contributed by atoms with Gasteiger partial charge in [-0.3, -0.25) is 19.6 Å². The Hall–Kier alpha value is -4.58. The molecule has 182 valence electrons. The minimum atomic E-state index is -0.0291. The molecule has 0 unspecified atom stereocenters. The number of rotatable bonds is 5. The Labute approximate surface area is 215 Å². The van der Waals surface area contributed by atoms with E-state index in [0.29, 0.717) is 12.8 Å². The van der Waals surface area contributed by atoms with Crippen LogP contribution in [0.1, 0.15) is 24.1 Å². The van der Waals surface area contributed by atoms with Crippen LogP contribution in [0.25, 0.3) is 28.3 Å². The van der Waals surface area contributed by atoms with Gasteiger partial charge in [0.2, 0.25) is 5.91 Å². The number of aromatic nitrogens is 2. The molecule has 3 heterocycles. The number of hydrogen-bond donors (Lipinski definition) is 0. The fourth-order valence-corrected chi connectivity index (χ4v) is 5.10. The van der Waals surface area contributed by atoms with E-state index in [1.807, 2.05) is 84.0 Å². The molecule has 1 aliphatic heterocycles. The third-order valence-corrected chi connectivity index (χ3v) is 7.11. The van der Waals surface area contributed by atoms with Crippen LogP contribution in [0.3, 0.4) is 0 Å². The van der Waals surface area contributed by atoms with E-state index in [1.54, 1.807) is 18.1 Å². The lowest BCUT2D eigenvalue weighted by molar-refractivity contribution is -0.117. The summed E-state index contributed by atoms with van der Waals surface area (Å²) in [6.45, 7) is 0.779. The van der Waals surface area contributed by atoms with E-state index in [-0.39, 0.29) is 11.8 Å². The molecule has 6 nitrogen and oxygen atoms in total. The van der Waals surface area contributed by atoms with Gasteiger partial charge in [-0.1, -0.05) is 30.3 Å². The predicted octanol–water partition coefficient (Wildman–Crippen LogP) is 5.54. The van der Waals surface area contributed by atoms with Crippen molar-refractivity contribution in [2.75, 3.05) is 23.4 Å². The predicted molar refractivity (Wildman–Crippen MR) is 146 cm³/mol. The summed E-state index contributed by atoms with van der Waals surface area (Å²) in [5.74, 6) is 0.155. The number of carbonyl (C=O) groups is 2. The molecule has 6 heteroatoms. The number of benzene rings is 2. The van der Waals surface area contributed by atoms with E-state index in [2.05, 4.69) is 16.0 Å². The van der Waals surface area contributed by atoms with E-state index in [9.17, 15) is 9.59 Å². The zero-order valence-electron chi connectivity index (χ0n) is 20.6. The minimum absolute atomic E-state index is 0.0291. The maximum atomic E-state index is 13.2. The molecule has 0 spiro atoms. The fourth-order valence-electron chi connectivity index (χ4n) is 5.10. The Morgan fingerprint density at radius 2 is 1.73 bits per heavy atom. The molecule has 1 fully saturated rings. The van der Waals surface area contributed by atoms with Gasteiger partial charge in [0, 0.05) is 78.7 Å². The summed E-state index contributed by atoms with van der Waals surface area (Å²) in [5, 5.41) is 0. The number of likely N-dealkylation sites (N-methyl/N-ethyl adjacent to an activating group) is 1. The van der Waals surface area contributed by atoms with Gasteiger partial charge < -0.3 is 9.80 Å². The van der Waals surface area contributed by atoms with Crippen LogP contribution in [0, 0.1) is 0 Å². The van der Waals surface area contributed by atoms with Crippen LogP contribution in [-0.2, 0) is 16.0 Å². The highest BCUT2D eigenvalue weighted by Crippen LogP contribution is 2.35. The number of fused-ring (bicyclic) bond motifs is 1. The van der Waals surface area contributed by atoms with Crippen LogP contribution in [0.15, 0.2) is 90.9 Å². The number of amides is 2. The summed E-state index contributed by atoms with van der Waals surface area (Å²) in [7, 11) is 1.80. The molecule has 6 rings (SSSR count). The van der Waals surface area contributed by atoms with Crippen LogP contribution >= 0.6 is 0 Å². The Bertz CT molecular complexity index is 1530. The summed E-state index contributed by atoms with van der Waals surface area (Å²) < 4.78 is 0. The normalized spacial score (nSPS) is 14.5. The highest BCUT2D eigenvalue weighted by atomic mass is 16.2. The number of hydrogen-bond acceptors (Lipinski definition) is 4. The molecule has 0 atom stereocenters. The Kier molecular flexibility index (Phi) is 5.85. The zero-order valence-corrected chi connectivity index (χ0v) is 20.6. The lowest BCUT2D eigenvalue weighted by Gasteiger charge is -2.17. The lowest BCUT2D eigenvalue weighted by atomic mass is 9.98. The molecule has 0 radical (unpaired) electrons. The van der Waals surface area contributed by atoms with E-state index in [1.165, 1.54) is 0 Å². The molecular formula is C31H26N4O2. The van der Waals surface area contributed by atoms with Crippen molar-refractivity contribution in [2.24, 2.45) is 0 Å². The van der Waals surface area contributed by atoms with Gasteiger partial charge in [-0.15, -0.1) is 0 Å². The van der Waals surface area contributed by atoms with Crippen molar-refractivity contribution in [3.05, 3.63) is 102 Å². The lowest BCUT2D eigenvalue weighted by Crippen LogP contribution is -2.27. The maximum Gasteiger partial charge on any atom is 0.254 e. The number of carbonyl (C=O) groups excluding carboxylic acids is 2. The number of anilines is 2. The molecule has 2 aliphatic rings. The average Bonchev–Trinajstić information content (AvgIpc) is 3.59. The van der Waals surface area contributed by atoms with E-state index in [4.69, 9.17) is 0 Å². The fraction of sp³-hybridized carbons (Fsp3) is 0.161.